The molecule has 6 rings (SSSR count). The fraction of sp³-hybridized carbons (Fsp3) is 0.839. The Morgan fingerprint density at radius 3 is 2.37 bits per heavy atom. The van der Waals surface area contributed by atoms with Crippen LogP contribution < -0.4 is 0 Å². The van der Waals surface area contributed by atoms with Crippen LogP contribution in [0.25, 0.3) is 0 Å². The smallest absolute Gasteiger partial charge is 0.145 e. The number of ketones is 1. The Morgan fingerprint density at radius 1 is 0.943 bits per heavy atom. The van der Waals surface area contributed by atoms with Gasteiger partial charge in [-0.25, -0.2) is 0 Å². The van der Waals surface area contributed by atoms with Crippen LogP contribution in [-0.2, 0) is 21.4 Å². The SMILES string of the molecule is CC1(C)CC[C@]2(C=O)CC[C@]3(C)C(C(=O)C[C@@H]4[C@@]5(C)Cc6cnoc6C(C)(C)[C@@H]5CC[C@]43C)C2C1. The van der Waals surface area contributed by atoms with Gasteiger partial charge in [0.25, 0.3) is 0 Å². The van der Waals surface area contributed by atoms with Crippen molar-refractivity contribution >= 4 is 12.1 Å². The zero-order valence-corrected chi connectivity index (χ0v) is 23.0. The first kappa shape index (κ1) is 23.9. The molecule has 1 aromatic rings. The maximum Gasteiger partial charge on any atom is 0.145 e. The van der Waals surface area contributed by atoms with Gasteiger partial charge in [-0.1, -0.05) is 53.6 Å². The molecule has 0 spiro atoms. The van der Waals surface area contributed by atoms with Crippen LogP contribution >= 0.6 is 0 Å². The van der Waals surface area contributed by atoms with Gasteiger partial charge in [0.15, 0.2) is 0 Å². The number of hydrogen-bond acceptors (Lipinski definition) is 4. The summed E-state index contributed by atoms with van der Waals surface area (Å²) in [7, 11) is 0. The zero-order valence-electron chi connectivity index (χ0n) is 23.0. The topological polar surface area (TPSA) is 60.2 Å². The molecule has 5 aliphatic carbocycles. The van der Waals surface area contributed by atoms with E-state index in [1.807, 2.05) is 6.20 Å². The molecular formula is C31H45NO3. The number of rotatable bonds is 1. The van der Waals surface area contributed by atoms with Crippen LogP contribution in [-0.4, -0.2) is 17.2 Å². The molecule has 4 saturated carbocycles. The summed E-state index contributed by atoms with van der Waals surface area (Å²) in [6.45, 7) is 16.8. The second kappa shape index (κ2) is 6.90. The van der Waals surface area contributed by atoms with E-state index in [9.17, 15) is 9.59 Å². The summed E-state index contributed by atoms with van der Waals surface area (Å²) >= 11 is 0. The molecule has 2 unspecified atom stereocenters. The third-order valence-electron chi connectivity index (χ3n) is 13.3. The van der Waals surface area contributed by atoms with Crippen LogP contribution in [0.3, 0.4) is 0 Å². The summed E-state index contributed by atoms with van der Waals surface area (Å²) in [5.74, 6) is 2.57. The molecule has 35 heavy (non-hydrogen) atoms. The predicted octanol–water partition coefficient (Wildman–Crippen LogP) is 6.95. The molecule has 8 atom stereocenters. The number of carbonyl (C=O) groups is 2. The Morgan fingerprint density at radius 2 is 1.66 bits per heavy atom. The molecule has 0 amide bonds. The van der Waals surface area contributed by atoms with E-state index in [4.69, 9.17) is 4.52 Å². The molecule has 0 saturated heterocycles. The largest absolute Gasteiger partial charge is 0.361 e. The number of fused-ring (bicyclic) bond motifs is 8. The van der Waals surface area contributed by atoms with Gasteiger partial charge in [-0.3, -0.25) is 4.79 Å². The molecule has 192 valence electrons. The van der Waals surface area contributed by atoms with Crippen molar-refractivity contribution in [1.82, 2.24) is 5.16 Å². The van der Waals surface area contributed by atoms with Crippen LogP contribution in [0.4, 0.5) is 0 Å². The van der Waals surface area contributed by atoms with E-state index in [1.165, 1.54) is 18.3 Å². The van der Waals surface area contributed by atoms with Gasteiger partial charge in [-0.2, -0.15) is 0 Å². The van der Waals surface area contributed by atoms with Crippen molar-refractivity contribution in [2.75, 3.05) is 0 Å². The Balaban J connectivity index is 1.46. The first-order valence-corrected chi connectivity index (χ1v) is 14.2. The van der Waals surface area contributed by atoms with Crippen LogP contribution in [0.15, 0.2) is 10.7 Å². The minimum absolute atomic E-state index is 0.0187. The minimum Gasteiger partial charge on any atom is -0.361 e. The van der Waals surface area contributed by atoms with Crippen molar-refractivity contribution in [2.45, 2.75) is 112 Å². The van der Waals surface area contributed by atoms with E-state index in [1.54, 1.807) is 0 Å². The molecule has 1 heterocycles. The fourth-order valence-electron chi connectivity index (χ4n) is 11.2. The van der Waals surface area contributed by atoms with Gasteiger partial charge in [-0.15, -0.1) is 0 Å². The average molecular weight is 480 g/mol. The van der Waals surface area contributed by atoms with E-state index < -0.39 is 0 Å². The van der Waals surface area contributed by atoms with E-state index in [2.05, 4.69) is 53.6 Å². The average Bonchev–Trinajstić information content (AvgIpc) is 3.24. The minimum atomic E-state index is -0.288. The second-order valence-electron chi connectivity index (χ2n) is 15.5. The molecular weight excluding hydrogens is 434 g/mol. The molecule has 4 nitrogen and oxygen atoms in total. The molecule has 0 N–H and O–H groups in total. The molecule has 0 bridgehead atoms. The summed E-state index contributed by atoms with van der Waals surface area (Å²) < 4.78 is 5.81. The summed E-state index contributed by atoms with van der Waals surface area (Å²) in [4.78, 5) is 27.0. The standard InChI is InChI=1S/C31H45NO3/c1-26(2)10-12-31(18-33)13-11-30(7)24(20(31)16-26)21(34)14-23-28(5)15-19-17-32-35-25(19)27(3,4)22(28)8-9-29(23,30)6/h17-18,20,22-24H,8-16H2,1-7H3/t20?,22-,23+,24?,28-,29+,30+,31+/m0/s1. The highest BCUT2D eigenvalue weighted by molar-refractivity contribution is 5.85. The van der Waals surface area contributed by atoms with Crippen molar-refractivity contribution in [3.05, 3.63) is 17.5 Å². The van der Waals surface area contributed by atoms with E-state index in [0.29, 0.717) is 24.0 Å². The van der Waals surface area contributed by atoms with Gasteiger partial charge >= 0.3 is 0 Å². The monoisotopic (exact) mass is 479 g/mol. The molecule has 0 aliphatic heterocycles. The van der Waals surface area contributed by atoms with Gasteiger partial charge in [0, 0.05) is 28.7 Å². The highest BCUT2D eigenvalue weighted by atomic mass is 16.5. The molecule has 4 heteroatoms. The van der Waals surface area contributed by atoms with Gasteiger partial charge in [0.1, 0.15) is 17.8 Å². The highest BCUT2D eigenvalue weighted by Crippen LogP contribution is 2.75. The van der Waals surface area contributed by atoms with Gasteiger partial charge in [0.05, 0.1) is 6.20 Å². The van der Waals surface area contributed by atoms with Crippen molar-refractivity contribution in [3.8, 4) is 0 Å². The lowest BCUT2D eigenvalue weighted by atomic mass is 9.31. The first-order valence-electron chi connectivity index (χ1n) is 14.2. The number of Topliss-reactive ketones (excluding diaryl/α,β-unsaturated/α-hetero) is 1. The van der Waals surface area contributed by atoms with E-state index in [-0.39, 0.29) is 44.3 Å². The number of aldehydes is 1. The van der Waals surface area contributed by atoms with Crippen molar-refractivity contribution in [3.63, 3.8) is 0 Å². The van der Waals surface area contributed by atoms with E-state index in [0.717, 1.165) is 50.7 Å². The highest BCUT2D eigenvalue weighted by Gasteiger charge is 2.72. The Labute approximate surface area is 211 Å². The van der Waals surface area contributed by atoms with Crippen molar-refractivity contribution < 1.29 is 14.1 Å². The molecule has 1 aromatic heterocycles. The lowest BCUT2D eigenvalue weighted by Crippen LogP contribution is -2.69. The van der Waals surface area contributed by atoms with Crippen molar-refractivity contribution in [2.24, 2.45) is 50.7 Å². The Hall–Kier alpha value is -1.45. The Kier molecular flexibility index (Phi) is 4.71. The Bertz CT molecular complexity index is 1080. The predicted molar refractivity (Wildman–Crippen MR) is 136 cm³/mol. The second-order valence-corrected chi connectivity index (χ2v) is 15.5. The molecule has 0 aromatic carbocycles. The van der Waals surface area contributed by atoms with Gasteiger partial charge < -0.3 is 9.32 Å². The summed E-state index contributed by atoms with van der Waals surface area (Å²) in [6, 6.07) is 0. The first-order chi connectivity index (χ1) is 16.2. The summed E-state index contributed by atoms with van der Waals surface area (Å²) in [5, 5.41) is 4.20. The quantitative estimate of drug-likeness (QED) is 0.409. The van der Waals surface area contributed by atoms with Gasteiger partial charge in [-0.05, 0) is 90.8 Å². The van der Waals surface area contributed by atoms with E-state index >= 15 is 0 Å². The number of hydrogen-bond donors (Lipinski definition) is 0. The fourth-order valence-corrected chi connectivity index (χ4v) is 11.2. The molecule has 4 fully saturated rings. The van der Waals surface area contributed by atoms with Crippen LogP contribution in [0.5, 0.6) is 0 Å². The summed E-state index contributed by atoms with van der Waals surface area (Å²) in [5.41, 5.74) is 1.18. The van der Waals surface area contributed by atoms with Gasteiger partial charge in [0.2, 0.25) is 0 Å². The third-order valence-corrected chi connectivity index (χ3v) is 13.3. The normalized spacial score (nSPS) is 49.6. The number of nitrogens with zero attached hydrogens (tertiary/aromatic N) is 1. The number of carbonyl (C=O) groups excluding carboxylic acids is 2. The van der Waals surface area contributed by atoms with Crippen LogP contribution in [0.1, 0.15) is 111 Å². The van der Waals surface area contributed by atoms with Crippen LogP contribution in [0, 0.1) is 50.7 Å². The molecule has 0 radical (unpaired) electrons. The zero-order chi connectivity index (χ0) is 25.2. The van der Waals surface area contributed by atoms with Crippen LogP contribution in [0.2, 0.25) is 0 Å². The lowest BCUT2D eigenvalue weighted by molar-refractivity contribution is -0.225. The lowest BCUT2D eigenvalue weighted by Gasteiger charge is -2.72. The summed E-state index contributed by atoms with van der Waals surface area (Å²) in [6.07, 6.45) is 12.2. The third kappa shape index (κ3) is 2.78. The maximum absolute atomic E-state index is 14.4. The molecule has 5 aliphatic rings. The van der Waals surface area contributed by atoms with Crippen molar-refractivity contribution in [1.29, 1.82) is 0 Å². The maximum atomic E-state index is 14.4. The number of aromatic nitrogens is 1.